The minimum Gasteiger partial charge on any atom is -0.291 e. The summed E-state index contributed by atoms with van der Waals surface area (Å²) < 4.78 is 1.31. The average Bonchev–Trinajstić information content (AvgIpc) is 3.33. The predicted molar refractivity (Wildman–Crippen MR) is 119 cm³/mol. The van der Waals surface area contributed by atoms with Gasteiger partial charge in [0.05, 0.1) is 21.3 Å². The first-order valence-electron chi connectivity index (χ1n) is 9.04. The zero-order chi connectivity index (χ0) is 22.1. The number of thiazole rings is 1. The van der Waals surface area contributed by atoms with Crippen LogP contribution < -0.4 is 5.56 Å². The lowest BCUT2D eigenvalue weighted by molar-refractivity contribution is -0.384. The molecule has 1 N–H and O–H groups in total. The molecule has 2 aromatic heterocycles. The zero-order valence-corrected chi connectivity index (χ0v) is 17.9. The van der Waals surface area contributed by atoms with Crippen molar-refractivity contribution in [3.63, 3.8) is 0 Å². The number of nitro groups is 1. The van der Waals surface area contributed by atoms with E-state index in [1.165, 1.54) is 34.2 Å². The van der Waals surface area contributed by atoms with Crippen molar-refractivity contribution in [3.05, 3.63) is 84.6 Å². The van der Waals surface area contributed by atoms with Gasteiger partial charge in [-0.15, -0.1) is 21.6 Å². The van der Waals surface area contributed by atoms with Crippen molar-refractivity contribution >= 4 is 40.0 Å². The van der Waals surface area contributed by atoms with Crippen molar-refractivity contribution in [2.24, 2.45) is 10.2 Å². The molecule has 0 saturated carbocycles. The smallest absolute Gasteiger partial charge is 0.291 e. The van der Waals surface area contributed by atoms with Crippen LogP contribution in [0.1, 0.15) is 11.3 Å². The number of aromatic nitrogens is 3. The Labute approximate surface area is 184 Å². The summed E-state index contributed by atoms with van der Waals surface area (Å²) in [5.41, 5.74) is 3.12. The average molecular weight is 455 g/mol. The molecule has 0 unspecified atom stereocenters. The van der Waals surface area contributed by atoms with E-state index >= 15 is 0 Å². The fourth-order valence-electron chi connectivity index (χ4n) is 2.81. The maximum Gasteiger partial charge on any atom is 0.301 e. The summed E-state index contributed by atoms with van der Waals surface area (Å²) in [6, 6.07) is 11.8. The number of nitrogens with one attached hydrogen (secondary N) is 1. The summed E-state index contributed by atoms with van der Waals surface area (Å²) in [6.45, 7) is 3.70. The van der Waals surface area contributed by atoms with Gasteiger partial charge in [-0.3, -0.25) is 20.0 Å². The Kier molecular flexibility index (Phi) is 5.49. The molecule has 4 rings (SSSR count). The number of nitrogens with zero attached hydrogens (tertiary/aromatic N) is 5. The number of halogens is 1. The van der Waals surface area contributed by atoms with E-state index in [-0.39, 0.29) is 22.1 Å². The lowest BCUT2D eigenvalue weighted by Gasteiger charge is -1.97. The Morgan fingerprint density at radius 3 is 2.58 bits per heavy atom. The van der Waals surface area contributed by atoms with E-state index in [9.17, 15) is 14.9 Å². The summed E-state index contributed by atoms with van der Waals surface area (Å²) in [4.78, 5) is 27.7. The molecule has 156 valence electrons. The molecule has 0 bridgehead atoms. The SMILES string of the molecule is Cc1ccc(-c2csc(-n3[nH]c(C)c(N=Nc4ccc([N+](=O)[O-])cc4Cl)c3=O)n2)cc1. The van der Waals surface area contributed by atoms with E-state index in [1.807, 2.05) is 36.6 Å². The van der Waals surface area contributed by atoms with Gasteiger partial charge in [0.2, 0.25) is 5.13 Å². The standard InChI is InChI=1S/C20H15ClN6O3S/c1-11-3-5-13(6-4-11)17-10-31-20(22-17)26-19(28)18(12(2)25-26)24-23-16-8-7-14(27(29)30)9-15(16)21/h3-10,25H,1-2H3. The number of rotatable bonds is 5. The molecule has 0 saturated heterocycles. The number of aromatic amines is 1. The molecule has 11 heteroatoms. The molecule has 0 atom stereocenters. The Morgan fingerprint density at radius 2 is 1.90 bits per heavy atom. The Hall–Kier alpha value is -3.63. The second-order valence-corrected chi connectivity index (χ2v) is 7.94. The van der Waals surface area contributed by atoms with Crippen LogP contribution in [0.15, 0.2) is 62.9 Å². The summed E-state index contributed by atoms with van der Waals surface area (Å²) >= 11 is 7.36. The third kappa shape index (κ3) is 4.16. The molecule has 9 nitrogen and oxygen atoms in total. The molecule has 4 aromatic rings. The van der Waals surface area contributed by atoms with Gasteiger partial charge in [0, 0.05) is 23.1 Å². The lowest BCUT2D eigenvalue weighted by Crippen LogP contribution is -2.13. The quantitative estimate of drug-likeness (QED) is 0.230. The molecular formula is C20H15ClN6O3S. The van der Waals surface area contributed by atoms with Crippen LogP contribution in [0.2, 0.25) is 5.02 Å². The zero-order valence-electron chi connectivity index (χ0n) is 16.4. The fraction of sp³-hybridized carbons (Fsp3) is 0.100. The van der Waals surface area contributed by atoms with E-state index in [1.54, 1.807) is 6.92 Å². The van der Waals surface area contributed by atoms with Crippen molar-refractivity contribution in [2.45, 2.75) is 13.8 Å². The van der Waals surface area contributed by atoms with E-state index in [2.05, 4.69) is 20.3 Å². The minimum atomic E-state index is -0.555. The molecule has 0 radical (unpaired) electrons. The number of hydrogen-bond acceptors (Lipinski definition) is 7. The molecule has 0 aliphatic carbocycles. The van der Waals surface area contributed by atoms with Gasteiger partial charge >= 0.3 is 5.56 Å². The number of non-ortho nitro benzene ring substituents is 1. The van der Waals surface area contributed by atoms with Gasteiger partial charge in [-0.2, -0.15) is 4.68 Å². The van der Waals surface area contributed by atoms with Gasteiger partial charge in [-0.25, -0.2) is 4.98 Å². The molecule has 31 heavy (non-hydrogen) atoms. The molecule has 0 spiro atoms. The monoisotopic (exact) mass is 454 g/mol. The van der Waals surface area contributed by atoms with Crippen molar-refractivity contribution in [1.29, 1.82) is 0 Å². The Morgan fingerprint density at radius 1 is 1.16 bits per heavy atom. The second-order valence-electron chi connectivity index (χ2n) is 6.70. The summed E-state index contributed by atoms with van der Waals surface area (Å²) in [6.07, 6.45) is 0. The van der Waals surface area contributed by atoms with Crippen LogP contribution in [0, 0.1) is 24.0 Å². The molecule has 2 heterocycles. The van der Waals surface area contributed by atoms with Crippen molar-refractivity contribution in [3.8, 4) is 16.4 Å². The highest BCUT2D eigenvalue weighted by atomic mass is 35.5. The van der Waals surface area contributed by atoms with Crippen molar-refractivity contribution < 1.29 is 4.92 Å². The summed E-state index contributed by atoms with van der Waals surface area (Å²) in [7, 11) is 0. The maximum atomic E-state index is 12.9. The van der Waals surface area contributed by atoms with Gasteiger partial charge in [0.1, 0.15) is 5.69 Å². The van der Waals surface area contributed by atoms with Gasteiger partial charge in [-0.1, -0.05) is 41.4 Å². The summed E-state index contributed by atoms with van der Waals surface area (Å²) in [5.74, 6) is 0. The van der Waals surface area contributed by atoms with Crippen LogP contribution in [-0.4, -0.2) is 19.7 Å². The van der Waals surface area contributed by atoms with Gasteiger partial charge in [-0.05, 0) is 19.9 Å². The normalized spacial score (nSPS) is 11.3. The first kappa shape index (κ1) is 20.6. The number of hydrogen-bond donors (Lipinski definition) is 1. The number of azo groups is 1. The summed E-state index contributed by atoms with van der Waals surface area (Å²) in [5, 5.41) is 24.2. The van der Waals surface area contributed by atoms with E-state index in [0.717, 1.165) is 16.8 Å². The third-order valence-corrected chi connectivity index (χ3v) is 5.60. The highest BCUT2D eigenvalue weighted by Gasteiger charge is 2.16. The third-order valence-electron chi connectivity index (χ3n) is 4.47. The molecule has 2 aromatic carbocycles. The van der Waals surface area contributed by atoms with Gasteiger partial charge in [0.25, 0.3) is 5.69 Å². The first-order valence-corrected chi connectivity index (χ1v) is 10.3. The highest BCUT2D eigenvalue weighted by Crippen LogP contribution is 2.30. The number of benzene rings is 2. The largest absolute Gasteiger partial charge is 0.301 e. The maximum absolute atomic E-state index is 12.9. The molecule has 0 amide bonds. The second kappa shape index (κ2) is 8.25. The van der Waals surface area contributed by atoms with Crippen LogP contribution in [0.5, 0.6) is 0 Å². The predicted octanol–water partition coefficient (Wildman–Crippen LogP) is 5.88. The molecule has 0 aliphatic heterocycles. The number of aryl methyl sites for hydroxylation is 2. The number of H-pyrrole nitrogens is 1. The van der Waals surface area contributed by atoms with E-state index < -0.39 is 10.5 Å². The molecule has 0 aliphatic rings. The number of nitro benzene ring substituents is 1. The minimum absolute atomic E-state index is 0.0640. The van der Waals surface area contributed by atoms with Crippen molar-refractivity contribution in [1.82, 2.24) is 14.8 Å². The molecular weight excluding hydrogens is 440 g/mol. The van der Waals surface area contributed by atoms with Crippen LogP contribution in [0.25, 0.3) is 16.4 Å². The van der Waals surface area contributed by atoms with Gasteiger partial charge in [0.15, 0.2) is 5.69 Å². The van der Waals surface area contributed by atoms with Gasteiger partial charge < -0.3 is 0 Å². The van der Waals surface area contributed by atoms with E-state index in [0.29, 0.717) is 10.8 Å². The fourth-order valence-corrected chi connectivity index (χ4v) is 3.81. The lowest BCUT2D eigenvalue weighted by atomic mass is 10.1. The van der Waals surface area contributed by atoms with Crippen LogP contribution in [0.3, 0.4) is 0 Å². The van der Waals surface area contributed by atoms with Crippen molar-refractivity contribution in [2.75, 3.05) is 0 Å². The molecule has 0 fully saturated rings. The van der Waals surface area contributed by atoms with Crippen LogP contribution in [-0.2, 0) is 0 Å². The highest BCUT2D eigenvalue weighted by molar-refractivity contribution is 7.12. The Bertz CT molecular complexity index is 1370. The van der Waals surface area contributed by atoms with Crippen LogP contribution >= 0.6 is 22.9 Å². The topological polar surface area (TPSA) is 119 Å². The first-order chi connectivity index (χ1) is 14.8. The van der Waals surface area contributed by atoms with Crippen LogP contribution in [0.4, 0.5) is 17.1 Å². The Balaban J connectivity index is 1.64. The van der Waals surface area contributed by atoms with E-state index in [4.69, 9.17) is 11.6 Å².